The monoisotopic (exact) mass is 267 g/mol. The summed E-state index contributed by atoms with van der Waals surface area (Å²) in [6, 6.07) is 5.83. The maximum atomic E-state index is 12.6. The first kappa shape index (κ1) is 13.0. The number of carbonyl (C=O) groups excluding carboxylic acids is 1. The van der Waals surface area contributed by atoms with Gasteiger partial charge in [0.2, 0.25) is 0 Å². The van der Waals surface area contributed by atoms with Gasteiger partial charge in [-0.15, -0.1) is 0 Å². The largest absolute Gasteiger partial charge is 0.416 e. The molecule has 0 saturated carbocycles. The summed E-state index contributed by atoms with van der Waals surface area (Å²) in [5.41, 5.74) is 4.35. The highest BCUT2D eigenvalue weighted by Gasteiger charge is 2.30. The fourth-order valence-corrected chi connectivity index (χ4v) is 1.47. The number of aromatic nitrogens is 2. The summed E-state index contributed by atoms with van der Waals surface area (Å²) >= 11 is 0. The molecule has 1 amide bonds. The van der Waals surface area contributed by atoms with Crippen LogP contribution in [0.5, 0.6) is 0 Å². The fourth-order valence-electron chi connectivity index (χ4n) is 1.47. The Bertz CT molecular complexity index is 626. The zero-order chi connectivity index (χ0) is 14.0. The molecule has 1 heterocycles. The van der Waals surface area contributed by atoms with Crippen LogP contribution in [0.3, 0.4) is 0 Å². The van der Waals surface area contributed by atoms with E-state index in [1.165, 1.54) is 24.4 Å². The van der Waals surface area contributed by atoms with E-state index in [2.05, 4.69) is 9.97 Å². The molecular weight excluding hydrogens is 259 g/mol. The molecular formula is C12H8F3N3O. The molecule has 0 spiro atoms. The molecule has 0 fully saturated rings. The van der Waals surface area contributed by atoms with E-state index < -0.39 is 17.6 Å². The Hall–Kier alpha value is -2.44. The van der Waals surface area contributed by atoms with Crippen LogP contribution in [-0.2, 0) is 6.18 Å². The van der Waals surface area contributed by atoms with Gasteiger partial charge in [-0.1, -0.05) is 12.1 Å². The van der Waals surface area contributed by atoms with Crippen molar-refractivity contribution < 1.29 is 18.0 Å². The number of hydrogen-bond donors (Lipinski definition) is 1. The van der Waals surface area contributed by atoms with Crippen LogP contribution in [0.15, 0.2) is 36.5 Å². The molecule has 1 aromatic carbocycles. The molecule has 0 aliphatic carbocycles. The van der Waals surface area contributed by atoms with Gasteiger partial charge in [0.15, 0.2) is 5.82 Å². The molecule has 2 aromatic rings. The quantitative estimate of drug-likeness (QED) is 0.907. The lowest BCUT2D eigenvalue weighted by atomic mass is 10.1. The lowest BCUT2D eigenvalue weighted by Gasteiger charge is -2.08. The summed E-state index contributed by atoms with van der Waals surface area (Å²) in [5.74, 6) is -0.752. The van der Waals surface area contributed by atoms with E-state index in [1.54, 1.807) is 0 Å². The first-order chi connectivity index (χ1) is 8.88. The maximum absolute atomic E-state index is 12.6. The molecule has 2 N–H and O–H groups in total. The van der Waals surface area contributed by atoms with Crippen LogP contribution in [0.2, 0.25) is 0 Å². The minimum atomic E-state index is -4.45. The van der Waals surface area contributed by atoms with Crippen molar-refractivity contribution in [1.29, 1.82) is 0 Å². The number of hydrogen-bond acceptors (Lipinski definition) is 3. The second-order valence-electron chi connectivity index (χ2n) is 3.71. The van der Waals surface area contributed by atoms with E-state index in [9.17, 15) is 18.0 Å². The summed E-state index contributed by atoms with van der Waals surface area (Å²) < 4.78 is 37.7. The molecule has 0 radical (unpaired) electrons. The first-order valence-electron chi connectivity index (χ1n) is 5.18. The second-order valence-corrected chi connectivity index (χ2v) is 3.71. The van der Waals surface area contributed by atoms with Gasteiger partial charge in [0, 0.05) is 11.8 Å². The van der Waals surface area contributed by atoms with Crippen LogP contribution in [-0.4, -0.2) is 15.9 Å². The van der Waals surface area contributed by atoms with Gasteiger partial charge < -0.3 is 5.73 Å². The summed E-state index contributed by atoms with van der Waals surface area (Å²) in [4.78, 5) is 18.6. The summed E-state index contributed by atoms with van der Waals surface area (Å²) in [6.07, 6.45) is -3.18. The van der Waals surface area contributed by atoms with Gasteiger partial charge in [0.05, 0.1) is 5.56 Å². The zero-order valence-electron chi connectivity index (χ0n) is 9.48. The smallest absolute Gasteiger partial charge is 0.364 e. The van der Waals surface area contributed by atoms with Gasteiger partial charge in [0.25, 0.3) is 5.91 Å². The van der Waals surface area contributed by atoms with Crippen molar-refractivity contribution in [3.63, 3.8) is 0 Å². The number of amides is 1. The van der Waals surface area contributed by atoms with Crippen LogP contribution >= 0.6 is 0 Å². The van der Waals surface area contributed by atoms with Crippen molar-refractivity contribution in [2.24, 2.45) is 5.73 Å². The highest BCUT2D eigenvalue weighted by molar-refractivity contribution is 5.91. The first-order valence-corrected chi connectivity index (χ1v) is 5.18. The van der Waals surface area contributed by atoms with Crippen LogP contribution < -0.4 is 5.73 Å². The van der Waals surface area contributed by atoms with Crippen molar-refractivity contribution >= 4 is 5.91 Å². The molecule has 19 heavy (non-hydrogen) atoms. The Morgan fingerprint density at radius 1 is 1.21 bits per heavy atom. The lowest BCUT2D eigenvalue weighted by molar-refractivity contribution is -0.137. The zero-order valence-corrected chi connectivity index (χ0v) is 9.48. The van der Waals surface area contributed by atoms with Crippen LogP contribution in [0.4, 0.5) is 13.2 Å². The third-order valence-electron chi connectivity index (χ3n) is 2.36. The summed E-state index contributed by atoms with van der Waals surface area (Å²) in [5, 5.41) is 0. The van der Waals surface area contributed by atoms with Crippen LogP contribution in [0.1, 0.15) is 16.1 Å². The van der Waals surface area contributed by atoms with Crippen molar-refractivity contribution in [2.75, 3.05) is 0 Å². The molecule has 7 heteroatoms. The molecule has 0 atom stereocenters. The Morgan fingerprint density at radius 3 is 2.58 bits per heavy atom. The van der Waals surface area contributed by atoms with Gasteiger partial charge in [0.1, 0.15) is 5.69 Å². The van der Waals surface area contributed by atoms with Gasteiger partial charge >= 0.3 is 6.18 Å². The van der Waals surface area contributed by atoms with E-state index in [1.807, 2.05) is 0 Å². The third-order valence-corrected chi connectivity index (χ3v) is 2.36. The SMILES string of the molecule is NC(=O)c1ccnc(-c2cccc(C(F)(F)F)c2)n1. The highest BCUT2D eigenvalue weighted by Crippen LogP contribution is 2.31. The molecule has 0 bridgehead atoms. The predicted molar refractivity (Wildman–Crippen MR) is 61.0 cm³/mol. The number of halogens is 3. The summed E-state index contributed by atoms with van der Waals surface area (Å²) in [7, 11) is 0. The average Bonchev–Trinajstić information content (AvgIpc) is 2.38. The molecule has 2 rings (SSSR count). The van der Waals surface area contributed by atoms with Crippen molar-refractivity contribution in [3.05, 3.63) is 47.8 Å². The maximum Gasteiger partial charge on any atom is 0.416 e. The standard InChI is InChI=1S/C12H8F3N3O/c13-12(14,15)8-3-1-2-7(6-8)11-17-5-4-9(18-11)10(16)19/h1-6H,(H2,16,19). The predicted octanol–water partition coefficient (Wildman–Crippen LogP) is 2.26. The van der Waals surface area contributed by atoms with Gasteiger partial charge in [-0.2, -0.15) is 13.2 Å². The van der Waals surface area contributed by atoms with E-state index in [-0.39, 0.29) is 17.1 Å². The topological polar surface area (TPSA) is 68.9 Å². The number of alkyl halides is 3. The van der Waals surface area contributed by atoms with Crippen molar-refractivity contribution in [3.8, 4) is 11.4 Å². The molecule has 1 aromatic heterocycles. The number of carbonyl (C=O) groups is 1. The van der Waals surface area contributed by atoms with Crippen LogP contribution in [0, 0.1) is 0 Å². The van der Waals surface area contributed by atoms with Crippen molar-refractivity contribution in [2.45, 2.75) is 6.18 Å². The normalized spacial score (nSPS) is 11.3. The third kappa shape index (κ3) is 2.87. The number of primary amides is 1. The number of nitrogens with two attached hydrogens (primary N) is 1. The van der Waals surface area contributed by atoms with Crippen LogP contribution in [0.25, 0.3) is 11.4 Å². The molecule has 4 nitrogen and oxygen atoms in total. The Morgan fingerprint density at radius 2 is 1.95 bits per heavy atom. The lowest BCUT2D eigenvalue weighted by Crippen LogP contribution is -2.13. The Balaban J connectivity index is 2.48. The minimum Gasteiger partial charge on any atom is -0.364 e. The summed E-state index contributed by atoms with van der Waals surface area (Å²) in [6.45, 7) is 0. The molecule has 98 valence electrons. The second kappa shape index (κ2) is 4.68. The number of rotatable bonds is 2. The fraction of sp³-hybridized carbons (Fsp3) is 0.0833. The highest BCUT2D eigenvalue weighted by atomic mass is 19.4. The average molecular weight is 267 g/mol. The number of nitrogens with zero attached hydrogens (tertiary/aromatic N) is 2. The van der Waals surface area contributed by atoms with E-state index in [4.69, 9.17) is 5.73 Å². The molecule has 0 aliphatic rings. The van der Waals surface area contributed by atoms with E-state index in [0.29, 0.717) is 0 Å². The molecule has 0 unspecified atom stereocenters. The molecule has 0 saturated heterocycles. The molecule has 0 aliphatic heterocycles. The van der Waals surface area contributed by atoms with Gasteiger partial charge in [-0.3, -0.25) is 4.79 Å². The van der Waals surface area contributed by atoms with Crippen molar-refractivity contribution in [1.82, 2.24) is 9.97 Å². The number of benzene rings is 1. The van der Waals surface area contributed by atoms with E-state index in [0.717, 1.165) is 12.1 Å². The Labute approximate surface area is 106 Å². The van der Waals surface area contributed by atoms with Gasteiger partial charge in [-0.05, 0) is 18.2 Å². The minimum absolute atomic E-state index is 0.0161. The Kier molecular flexibility index (Phi) is 3.20. The van der Waals surface area contributed by atoms with Gasteiger partial charge in [-0.25, -0.2) is 9.97 Å². The van der Waals surface area contributed by atoms with E-state index >= 15 is 0 Å².